The molecule has 2 N–H and O–H groups in total. The Morgan fingerprint density at radius 3 is 1.05 bits per heavy atom. The summed E-state index contributed by atoms with van der Waals surface area (Å²) in [6, 6.07) is 6.19. The van der Waals surface area contributed by atoms with Crippen LogP contribution in [0.1, 0.15) is 199 Å². The molecule has 0 atom stereocenters. The van der Waals surface area contributed by atoms with Gasteiger partial charge in [0.05, 0.1) is 13.2 Å². The SMILES string of the molecule is CCCCCCCCCCCCCCCCOc1ccc(CN)cc1OCCCCCCCCCCCCCCCC. The van der Waals surface area contributed by atoms with Gasteiger partial charge in [-0.1, -0.05) is 187 Å². The molecule has 3 heteroatoms. The van der Waals surface area contributed by atoms with Gasteiger partial charge in [0.1, 0.15) is 0 Å². The lowest BCUT2D eigenvalue weighted by Crippen LogP contribution is -2.04. The molecule has 0 aliphatic rings. The number of benzene rings is 1. The van der Waals surface area contributed by atoms with Gasteiger partial charge in [0.15, 0.2) is 11.5 Å². The van der Waals surface area contributed by atoms with Crippen molar-refractivity contribution in [3.63, 3.8) is 0 Å². The van der Waals surface area contributed by atoms with E-state index < -0.39 is 0 Å². The Labute approximate surface area is 263 Å². The van der Waals surface area contributed by atoms with Crippen molar-refractivity contribution < 1.29 is 9.47 Å². The highest BCUT2D eigenvalue weighted by atomic mass is 16.5. The van der Waals surface area contributed by atoms with E-state index in [1.165, 1.54) is 167 Å². The second-order valence-corrected chi connectivity index (χ2v) is 12.9. The van der Waals surface area contributed by atoms with Gasteiger partial charge in [0.2, 0.25) is 0 Å². The molecular formula is C39H73NO2. The molecule has 0 unspecified atom stereocenters. The number of unbranched alkanes of at least 4 members (excludes halogenated alkanes) is 26. The molecule has 0 bridgehead atoms. The first-order chi connectivity index (χ1) is 20.8. The normalized spacial score (nSPS) is 11.3. The van der Waals surface area contributed by atoms with Gasteiger partial charge in [-0.15, -0.1) is 0 Å². The fourth-order valence-corrected chi connectivity index (χ4v) is 5.87. The number of hydrogen-bond donors (Lipinski definition) is 1. The maximum Gasteiger partial charge on any atom is 0.161 e. The molecule has 0 spiro atoms. The standard InChI is InChI=1S/C39H73NO2/c1-3-5-7-9-11-13-15-17-19-21-23-25-27-29-33-41-38-32-31-37(36-40)35-39(38)42-34-30-28-26-24-22-20-18-16-14-12-10-8-6-4-2/h31-32,35H,3-30,33-34,36,40H2,1-2H3. The Hall–Kier alpha value is -1.22. The Morgan fingerprint density at radius 2 is 0.714 bits per heavy atom. The minimum Gasteiger partial charge on any atom is -0.490 e. The van der Waals surface area contributed by atoms with Gasteiger partial charge in [-0.3, -0.25) is 0 Å². The number of nitrogens with two attached hydrogens (primary N) is 1. The molecule has 0 aliphatic carbocycles. The van der Waals surface area contributed by atoms with E-state index in [0.717, 1.165) is 43.1 Å². The van der Waals surface area contributed by atoms with Crippen LogP contribution >= 0.6 is 0 Å². The van der Waals surface area contributed by atoms with Crippen molar-refractivity contribution in [2.24, 2.45) is 5.73 Å². The third kappa shape index (κ3) is 24.2. The zero-order valence-electron chi connectivity index (χ0n) is 28.5. The van der Waals surface area contributed by atoms with Crippen molar-refractivity contribution in [2.75, 3.05) is 13.2 Å². The summed E-state index contributed by atoms with van der Waals surface area (Å²) < 4.78 is 12.3. The minimum atomic E-state index is 0.536. The fourth-order valence-electron chi connectivity index (χ4n) is 5.87. The molecule has 0 saturated carbocycles. The number of rotatable bonds is 33. The molecule has 0 fully saturated rings. The largest absolute Gasteiger partial charge is 0.490 e. The second-order valence-electron chi connectivity index (χ2n) is 12.9. The molecule has 0 aromatic heterocycles. The zero-order chi connectivity index (χ0) is 30.2. The molecular weight excluding hydrogens is 514 g/mol. The molecule has 0 saturated heterocycles. The van der Waals surface area contributed by atoms with E-state index in [1.807, 2.05) is 6.07 Å². The number of hydrogen-bond acceptors (Lipinski definition) is 3. The van der Waals surface area contributed by atoms with Gasteiger partial charge < -0.3 is 15.2 Å². The molecule has 0 radical (unpaired) electrons. The molecule has 0 amide bonds. The van der Waals surface area contributed by atoms with Crippen molar-refractivity contribution in [2.45, 2.75) is 200 Å². The summed E-state index contributed by atoms with van der Waals surface area (Å²) in [4.78, 5) is 0. The highest BCUT2D eigenvalue weighted by Crippen LogP contribution is 2.29. The monoisotopic (exact) mass is 588 g/mol. The van der Waals surface area contributed by atoms with Crippen LogP contribution in [0.25, 0.3) is 0 Å². The predicted molar refractivity (Wildman–Crippen MR) is 186 cm³/mol. The van der Waals surface area contributed by atoms with Crippen LogP contribution in [0, 0.1) is 0 Å². The van der Waals surface area contributed by atoms with E-state index in [9.17, 15) is 0 Å². The zero-order valence-corrected chi connectivity index (χ0v) is 28.5. The van der Waals surface area contributed by atoms with Crippen LogP contribution in [0.5, 0.6) is 11.5 Å². The fraction of sp³-hybridized carbons (Fsp3) is 0.846. The molecule has 1 rings (SSSR count). The molecule has 0 heterocycles. The lowest BCUT2D eigenvalue weighted by molar-refractivity contribution is 0.258. The van der Waals surface area contributed by atoms with Crippen molar-refractivity contribution in [3.05, 3.63) is 23.8 Å². The summed E-state index contributed by atoms with van der Waals surface area (Å²) in [7, 11) is 0. The maximum atomic E-state index is 6.18. The van der Waals surface area contributed by atoms with Gasteiger partial charge in [-0.2, -0.15) is 0 Å². The first-order valence-electron chi connectivity index (χ1n) is 18.9. The van der Waals surface area contributed by atoms with Gasteiger partial charge in [-0.05, 0) is 30.5 Å². The lowest BCUT2D eigenvalue weighted by atomic mass is 10.0. The summed E-state index contributed by atoms with van der Waals surface area (Å²) in [5, 5.41) is 0. The number of ether oxygens (including phenoxy) is 2. The van der Waals surface area contributed by atoms with Crippen molar-refractivity contribution >= 4 is 0 Å². The molecule has 0 aliphatic heterocycles. The second kappa shape index (κ2) is 31.2. The summed E-state index contributed by atoms with van der Waals surface area (Å²) in [6.45, 7) is 6.66. The van der Waals surface area contributed by atoms with Crippen LogP contribution in [-0.4, -0.2) is 13.2 Å². The Morgan fingerprint density at radius 1 is 0.405 bits per heavy atom. The van der Waals surface area contributed by atoms with E-state index in [2.05, 4.69) is 26.0 Å². The Kier molecular flexibility index (Phi) is 28.8. The lowest BCUT2D eigenvalue weighted by Gasteiger charge is -2.14. The van der Waals surface area contributed by atoms with Crippen LogP contribution in [0.3, 0.4) is 0 Å². The average Bonchev–Trinajstić information content (AvgIpc) is 3.01. The highest BCUT2D eigenvalue weighted by molar-refractivity contribution is 5.43. The van der Waals surface area contributed by atoms with E-state index in [4.69, 9.17) is 15.2 Å². The van der Waals surface area contributed by atoms with E-state index in [1.54, 1.807) is 0 Å². The quantitative estimate of drug-likeness (QED) is 0.0832. The van der Waals surface area contributed by atoms with E-state index in [-0.39, 0.29) is 0 Å². The first-order valence-corrected chi connectivity index (χ1v) is 18.9. The maximum absolute atomic E-state index is 6.18. The van der Waals surface area contributed by atoms with Crippen LogP contribution in [0.2, 0.25) is 0 Å². The molecule has 42 heavy (non-hydrogen) atoms. The molecule has 3 nitrogen and oxygen atoms in total. The summed E-state index contributed by atoms with van der Waals surface area (Å²) in [6.07, 6.45) is 38.6. The Balaban J connectivity index is 2.02. The van der Waals surface area contributed by atoms with Crippen LogP contribution in [0.15, 0.2) is 18.2 Å². The van der Waals surface area contributed by atoms with E-state index >= 15 is 0 Å². The van der Waals surface area contributed by atoms with Crippen molar-refractivity contribution in [1.82, 2.24) is 0 Å². The average molecular weight is 588 g/mol. The van der Waals surface area contributed by atoms with Crippen molar-refractivity contribution in [3.8, 4) is 11.5 Å². The third-order valence-electron chi connectivity index (χ3n) is 8.75. The van der Waals surface area contributed by atoms with Crippen molar-refractivity contribution in [1.29, 1.82) is 0 Å². The third-order valence-corrected chi connectivity index (χ3v) is 8.75. The predicted octanol–water partition coefficient (Wildman–Crippen LogP) is 12.9. The minimum absolute atomic E-state index is 0.536. The highest BCUT2D eigenvalue weighted by Gasteiger charge is 2.07. The topological polar surface area (TPSA) is 44.5 Å². The van der Waals surface area contributed by atoms with Crippen LogP contribution < -0.4 is 15.2 Å². The van der Waals surface area contributed by atoms with Crippen LogP contribution in [-0.2, 0) is 6.54 Å². The van der Waals surface area contributed by atoms with Gasteiger partial charge >= 0.3 is 0 Å². The first kappa shape index (κ1) is 38.8. The van der Waals surface area contributed by atoms with Crippen LogP contribution in [0.4, 0.5) is 0 Å². The molecule has 246 valence electrons. The summed E-state index contributed by atoms with van der Waals surface area (Å²) >= 11 is 0. The molecule has 1 aromatic carbocycles. The smallest absolute Gasteiger partial charge is 0.161 e. The summed E-state index contributed by atoms with van der Waals surface area (Å²) in [5.41, 5.74) is 7.00. The van der Waals surface area contributed by atoms with Gasteiger partial charge in [0.25, 0.3) is 0 Å². The van der Waals surface area contributed by atoms with Gasteiger partial charge in [0, 0.05) is 6.54 Å². The Bertz CT molecular complexity index is 676. The van der Waals surface area contributed by atoms with E-state index in [0.29, 0.717) is 6.54 Å². The van der Waals surface area contributed by atoms with Gasteiger partial charge in [-0.25, -0.2) is 0 Å². The summed E-state index contributed by atoms with van der Waals surface area (Å²) in [5.74, 6) is 1.75. The molecule has 1 aromatic rings.